The monoisotopic (exact) mass is 536 g/mol. The highest BCUT2D eigenvalue weighted by Crippen LogP contribution is 2.33. The number of nitrogens with zero attached hydrogens (tertiary/aromatic N) is 2. The van der Waals surface area contributed by atoms with Crippen molar-refractivity contribution >= 4 is 27.8 Å². The van der Waals surface area contributed by atoms with Crippen molar-refractivity contribution in [2.45, 2.75) is 51.9 Å². The summed E-state index contributed by atoms with van der Waals surface area (Å²) in [5, 5.41) is 9.37. The SMILES string of the molecule is C[C@@H]1CN(Cc2ccc(F)cc2)[C@@H](C)CN1C(=O)COc1ccc(Br)cc1OC(C)(C)C(=O)O. The van der Waals surface area contributed by atoms with Gasteiger partial charge in [-0.15, -0.1) is 0 Å². The molecule has 1 heterocycles. The fourth-order valence-corrected chi connectivity index (χ4v) is 4.15. The van der Waals surface area contributed by atoms with Gasteiger partial charge in [0.2, 0.25) is 0 Å². The molecular formula is C25H30BrFN2O5. The van der Waals surface area contributed by atoms with E-state index in [9.17, 15) is 19.1 Å². The van der Waals surface area contributed by atoms with Crippen LogP contribution in [0.2, 0.25) is 0 Å². The maximum atomic E-state index is 13.2. The Hall–Kier alpha value is -2.65. The molecule has 0 bridgehead atoms. The Morgan fingerprint density at radius 3 is 2.41 bits per heavy atom. The Morgan fingerprint density at radius 1 is 1.09 bits per heavy atom. The number of rotatable bonds is 8. The second-order valence-corrected chi connectivity index (χ2v) is 10.0. The van der Waals surface area contributed by atoms with Crippen LogP contribution in [0.4, 0.5) is 4.39 Å². The number of hydrogen-bond donors (Lipinski definition) is 1. The van der Waals surface area contributed by atoms with E-state index in [2.05, 4.69) is 27.8 Å². The van der Waals surface area contributed by atoms with E-state index in [1.807, 2.05) is 6.92 Å². The fraction of sp³-hybridized carbons (Fsp3) is 0.440. The zero-order chi connectivity index (χ0) is 25.0. The van der Waals surface area contributed by atoms with E-state index in [0.29, 0.717) is 29.9 Å². The van der Waals surface area contributed by atoms with Crippen LogP contribution < -0.4 is 9.47 Å². The highest BCUT2D eigenvalue weighted by Gasteiger charge is 2.33. The van der Waals surface area contributed by atoms with Gasteiger partial charge in [0.1, 0.15) is 5.82 Å². The Morgan fingerprint density at radius 2 is 1.76 bits per heavy atom. The van der Waals surface area contributed by atoms with E-state index in [1.54, 1.807) is 35.2 Å². The van der Waals surface area contributed by atoms with Crippen molar-refractivity contribution in [3.8, 4) is 11.5 Å². The summed E-state index contributed by atoms with van der Waals surface area (Å²) in [5.74, 6) is -1.00. The number of halogens is 2. The first-order valence-electron chi connectivity index (χ1n) is 11.1. The molecule has 1 saturated heterocycles. The summed E-state index contributed by atoms with van der Waals surface area (Å²) in [6.45, 7) is 8.66. The molecule has 1 aliphatic heterocycles. The summed E-state index contributed by atoms with van der Waals surface area (Å²) in [6.07, 6.45) is 0. The Kier molecular flexibility index (Phi) is 8.20. The largest absolute Gasteiger partial charge is 0.480 e. The molecule has 0 aliphatic carbocycles. The lowest BCUT2D eigenvalue weighted by molar-refractivity contribution is -0.152. The third-order valence-electron chi connectivity index (χ3n) is 5.87. The molecule has 9 heteroatoms. The summed E-state index contributed by atoms with van der Waals surface area (Å²) in [5.41, 5.74) is -0.441. The van der Waals surface area contributed by atoms with E-state index in [0.717, 1.165) is 5.56 Å². The first-order chi connectivity index (χ1) is 16.0. The molecule has 0 spiro atoms. The quantitative estimate of drug-likeness (QED) is 0.540. The van der Waals surface area contributed by atoms with Crippen molar-refractivity contribution in [3.05, 3.63) is 58.3 Å². The minimum absolute atomic E-state index is 0.0284. The van der Waals surface area contributed by atoms with E-state index in [1.165, 1.54) is 26.0 Å². The molecule has 7 nitrogen and oxygen atoms in total. The lowest BCUT2D eigenvalue weighted by Gasteiger charge is -2.44. The summed E-state index contributed by atoms with van der Waals surface area (Å²) in [7, 11) is 0. The molecule has 0 aromatic heterocycles. The fourth-order valence-electron chi connectivity index (χ4n) is 3.81. The first kappa shape index (κ1) is 26.0. The van der Waals surface area contributed by atoms with Gasteiger partial charge in [0.25, 0.3) is 5.91 Å². The topological polar surface area (TPSA) is 79.3 Å². The number of amides is 1. The van der Waals surface area contributed by atoms with Crippen molar-refractivity contribution in [2.75, 3.05) is 19.7 Å². The maximum Gasteiger partial charge on any atom is 0.347 e. The summed E-state index contributed by atoms with van der Waals surface area (Å²) in [6, 6.07) is 11.5. The molecule has 2 aromatic rings. The molecule has 1 aliphatic rings. The van der Waals surface area contributed by atoms with Crippen LogP contribution in [0, 0.1) is 5.82 Å². The average Bonchev–Trinajstić information content (AvgIpc) is 2.76. The molecule has 184 valence electrons. The molecule has 34 heavy (non-hydrogen) atoms. The zero-order valence-corrected chi connectivity index (χ0v) is 21.3. The predicted octanol–water partition coefficient (Wildman–Crippen LogP) is 4.33. The van der Waals surface area contributed by atoms with E-state index in [4.69, 9.17) is 9.47 Å². The molecule has 0 radical (unpaired) electrons. The van der Waals surface area contributed by atoms with Crippen LogP contribution in [0.1, 0.15) is 33.3 Å². The zero-order valence-electron chi connectivity index (χ0n) is 19.8. The van der Waals surface area contributed by atoms with E-state index < -0.39 is 11.6 Å². The minimum Gasteiger partial charge on any atom is -0.480 e. The van der Waals surface area contributed by atoms with Crippen LogP contribution >= 0.6 is 15.9 Å². The van der Waals surface area contributed by atoms with E-state index in [-0.39, 0.29) is 36.2 Å². The van der Waals surface area contributed by atoms with Crippen molar-refractivity contribution < 1.29 is 28.6 Å². The van der Waals surface area contributed by atoms with Gasteiger partial charge < -0.3 is 19.5 Å². The number of carbonyl (C=O) groups excluding carboxylic acids is 1. The number of carboxylic acids is 1. The van der Waals surface area contributed by atoms with Gasteiger partial charge in [-0.05, 0) is 63.6 Å². The Balaban J connectivity index is 1.62. The van der Waals surface area contributed by atoms with Gasteiger partial charge in [0.15, 0.2) is 23.7 Å². The van der Waals surface area contributed by atoms with Crippen LogP contribution in [0.15, 0.2) is 46.9 Å². The normalized spacial score (nSPS) is 19.1. The Bertz CT molecular complexity index is 1030. The van der Waals surface area contributed by atoms with Crippen LogP contribution in [0.25, 0.3) is 0 Å². The second-order valence-electron chi connectivity index (χ2n) is 9.10. The second kappa shape index (κ2) is 10.7. The molecule has 1 fully saturated rings. The predicted molar refractivity (Wildman–Crippen MR) is 129 cm³/mol. The molecule has 2 atom stereocenters. The third kappa shape index (κ3) is 6.48. The minimum atomic E-state index is -1.46. The van der Waals surface area contributed by atoms with Gasteiger partial charge in [-0.25, -0.2) is 9.18 Å². The van der Waals surface area contributed by atoms with Gasteiger partial charge in [0, 0.05) is 36.2 Å². The van der Waals surface area contributed by atoms with Gasteiger partial charge in [-0.3, -0.25) is 9.69 Å². The highest BCUT2D eigenvalue weighted by molar-refractivity contribution is 9.10. The van der Waals surface area contributed by atoms with Crippen molar-refractivity contribution in [1.82, 2.24) is 9.80 Å². The van der Waals surface area contributed by atoms with E-state index >= 15 is 0 Å². The summed E-state index contributed by atoms with van der Waals surface area (Å²) >= 11 is 3.35. The number of hydrogen-bond acceptors (Lipinski definition) is 5. The summed E-state index contributed by atoms with van der Waals surface area (Å²) < 4.78 is 25.3. The number of carboxylic acid groups (broad SMARTS) is 1. The lowest BCUT2D eigenvalue weighted by atomic mass is 10.1. The summed E-state index contributed by atoms with van der Waals surface area (Å²) in [4.78, 5) is 28.5. The standard InChI is InChI=1S/C25H30BrFN2O5/c1-16-13-29(17(2)12-28(16)14-18-5-8-20(27)9-6-18)23(30)15-33-21-10-7-19(26)11-22(21)34-25(3,4)24(31)32/h5-11,16-17H,12-15H2,1-4H3,(H,31,32)/t16-,17+/m0/s1. The molecule has 3 rings (SSSR count). The van der Waals surface area contributed by atoms with Crippen molar-refractivity contribution in [2.24, 2.45) is 0 Å². The first-order valence-corrected chi connectivity index (χ1v) is 11.9. The van der Waals surface area contributed by atoms with Crippen LogP contribution in [0.5, 0.6) is 11.5 Å². The smallest absolute Gasteiger partial charge is 0.347 e. The van der Waals surface area contributed by atoms with Gasteiger partial charge >= 0.3 is 5.97 Å². The number of piperazine rings is 1. The van der Waals surface area contributed by atoms with Gasteiger partial charge in [-0.2, -0.15) is 0 Å². The van der Waals surface area contributed by atoms with Gasteiger partial charge in [-0.1, -0.05) is 28.1 Å². The van der Waals surface area contributed by atoms with Crippen molar-refractivity contribution in [3.63, 3.8) is 0 Å². The maximum absolute atomic E-state index is 13.2. The molecule has 1 amide bonds. The van der Waals surface area contributed by atoms with Crippen molar-refractivity contribution in [1.29, 1.82) is 0 Å². The van der Waals surface area contributed by atoms with Crippen LogP contribution in [-0.2, 0) is 16.1 Å². The molecule has 0 unspecified atom stereocenters. The molecular weight excluding hydrogens is 507 g/mol. The number of benzene rings is 2. The lowest BCUT2D eigenvalue weighted by Crippen LogP contribution is -2.58. The number of carbonyl (C=O) groups is 2. The molecule has 0 saturated carbocycles. The molecule has 2 aromatic carbocycles. The third-order valence-corrected chi connectivity index (χ3v) is 6.36. The van der Waals surface area contributed by atoms with Gasteiger partial charge in [0.05, 0.1) is 0 Å². The number of aliphatic carboxylic acids is 1. The average molecular weight is 537 g/mol. The van der Waals surface area contributed by atoms with Crippen LogP contribution in [0.3, 0.4) is 0 Å². The highest BCUT2D eigenvalue weighted by atomic mass is 79.9. The van der Waals surface area contributed by atoms with Crippen LogP contribution in [-0.4, -0.2) is 64.2 Å². The number of ether oxygens (including phenoxy) is 2. The molecule has 1 N–H and O–H groups in total. The Labute approximate surface area is 207 Å².